The molecule has 3 rings (SSSR count). The van der Waals surface area contributed by atoms with Gasteiger partial charge in [-0.2, -0.15) is 0 Å². The van der Waals surface area contributed by atoms with Crippen LogP contribution in [0.1, 0.15) is 25.7 Å². The van der Waals surface area contributed by atoms with Crippen molar-refractivity contribution in [2.45, 2.75) is 35.8 Å². The van der Waals surface area contributed by atoms with Gasteiger partial charge in [-0.3, -0.25) is 0 Å². The van der Waals surface area contributed by atoms with E-state index in [1.54, 1.807) is 0 Å². The molecule has 1 aromatic carbocycles. The van der Waals surface area contributed by atoms with Gasteiger partial charge in [-0.15, -0.1) is 0 Å². The molecule has 1 N–H and O–H groups in total. The second-order valence-corrected chi connectivity index (χ2v) is 10.5. The summed E-state index contributed by atoms with van der Waals surface area (Å²) in [6, 6.07) is 2.30. The molecule has 0 spiro atoms. The molecule has 2 aliphatic rings. The molecule has 1 aliphatic carbocycles. The van der Waals surface area contributed by atoms with Crippen molar-refractivity contribution in [1.29, 1.82) is 0 Å². The van der Waals surface area contributed by atoms with E-state index in [4.69, 9.17) is 0 Å². The lowest BCUT2D eigenvalue weighted by Crippen LogP contribution is -2.42. The average Bonchev–Trinajstić information content (AvgIpc) is 3.38. The molecule has 1 aromatic rings. The molecule has 1 heterocycles. The zero-order valence-corrected chi connectivity index (χ0v) is 15.1. The van der Waals surface area contributed by atoms with E-state index >= 15 is 0 Å². The zero-order chi connectivity index (χ0) is 18.2. The van der Waals surface area contributed by atoms with Crippen LogP contribution >= 0.6 is 0 Å². The Morgan fingerprint density at radius 3 is 2.24 bits per heavy atom. The van der Waals surface area contributed by atoms with Gasteiger partial charge in [0.25, 0.3) is 0 Å². The molecule has 140 valence electrons. The van der Waals surface area contributed by atoms with Crippen LogP contribution in [-0.2, 0) is 20.0 Å². The van der Waals surface area contributed by atoms with E-state index in [-0.39, 0.29) is 17.7 Å². The maximum Gasteiger partial charge on any atom is 0.243 e. The van der Waals surface area contributed by atoms with Gasteiger partial charge in [0.2, 0.25) is 20.0 Å². The number of hydrogen-bond acceptors (Lipinski definition) is 4. The molecule has 0 amide bonds. The largest absolute Gasteiger partial charge is 0.243 e. The average molecular weight is 394 g/mol. The fraction of sp³-hybridized carbons (Fsp3) is 0.600. The highest BCUT2D eigenvalue weighted by molar-refractivity contribution is 7.90. The third-order valence-electron chi connectivity index (χ3n) is 4.62. The summed E-state index contributed by atoms with van der Waals surface area (Å²) in [4.78, 5) is -0.595. The molecule has 2 fully saturated rings. The van der Waals surface area contributed by atoms with Crippen molar-refractivity contribution >= 4 is 20.0 Å². The minimum absolute atomic E-state index is 0.0241. The fourth-order valence-corrected chi connectivity index (χ4v) is 5.99. The molecule has 6 nitrogen and oxygen atoms in total. The summed E-state index contributed by atoms with van der Waals surface area (Å²) in [5, 5.41) is -0.246. The number of benzene rings is 1. The topological polar surface area (TPSA) is 83.6 Å². The summed E-state index contributed by atoms with van der Waals surface area (Å²) < 4.78 is 79.0. The fourth-order valence-electron chi connectivity index (χ4n) is 2.94. The van der Waals surface area contributed by atoms with Crippen molar-refractivity contribution in [3.8, 4) is 0 Å². The Kier molecular flexibility index (Phi) is 5.16. The van der Waals surface area contributed by atoms with E-state index in [0.29, 0.717) is 44.8 Å². The summed E-state index contributed by atoms with van der Waals surface area (Å²) in [5.74, 6) is -2.01. The van der Waals surface area contributed by atoms with Crippen LogP contribution in [0.25, 0.3) is 0 Å². The van der Waals surface area contributed by atoms with Gasteiger partial charge >= 0.3 is 0 Å². The molecular weight excluding hydrogens is 374 g/mol. The first-order valence-corrected chi connectivity index (χ1v) is 11.1. The summed E-state index contributed by atoms with van der Waals surface area (Å²) in [5.41, 5.74) is 0. The SMILES string of the molecule is O=S(=O)(NCC1CCN(S(=O)(=O)C2CC2)CC1)c1ccc(F)cc1F. The number of hydrogen-bond donors (Lipinski definition) is 1. The standard InChI is InChI=1S/C15H20F2N2O4S2/c16-12-1-4-15(14(17)9-12)24(20,21)18-10-11-5-7-19(8-6-11)25(22,23)13-2-3-13/h1,4,9,11,13,18H,2-3,5-8,10H2. The first-order chi connectivity index (χ1) is 11.7. The third kappa shape index (κ3) is 4.18. The smallest absolute Gasteiger partial charge is 0.212 e. The normalized spacial score (nSPS) is 20.7. The highest BCUT2D eigenvalue weighted by Gasteiger charge is 2.41. The van der Waals surface area contributed by atoms with Crippen LogP contribution in [0, 0.1) is 17.6 Å². The van der Waals surface area contributed by atoms with Gasteiger partial charge in [-0.05, 0) is 43.7 Å². The van der Waals surface area contributed by atoms with Gasteiger partial charge in [0.1, 0.15) is 16.5 Å². The first-order valence-electron chi connectivity index (χ1n) is 8.14. The van der Waals surface area contributed by atoms with Crippen molar-refractivity contribution in [2.24, 2.45) is 5.92 Å². The number of nitrogens with zero attached hydrogens (tertiary/aromatic N) is 1. The molecule has 1 aliphatic heterocycles. The highest BCUT2D eigenvalue weighted by Crippen LogP contribution is 2.33. The van der Waals surface area contributed by atoms with Crippen LogP contribution in [0.4, 0.5) is 8.78 Å². The minimum Gasteiger partial charge on any atom is -0.212 e. The number of sulfonamides is 2. The minimum atomic E-state index is -4.08. The molecule has 25 heavy (non-hydrogen) atoms. The van der Waals surface area contributed by atoms with Gasteiger partial charge in [0, 0.05) is 25.7 Å². The number of halogens is 2. The molecule has 0 bridgehead atoms. The molecule has 1 saturated heterocycles. The van der Waals surface area contributed by atoms with E-state index in [1.807, 2.05) is 0 Å². The monoisotopic (exact) mass is 394 g/mol. The molecule has 0 radical (unpaired) electrons. The second kappa shape index (κ2) is 6.90. The lowest BCUT2D eigenvalue weighted by molar-refractivity contribution is 0.274. The lowest BCUT2D eigenvalue weighted by Gasteiger charge is -2.31. The van der Waals surface area contributed by atoms with Crippen LogP contribution in [0.15, 0.2) is 23.1 Å². The van der Waals surface area contributed by atoms with Crippen molar-refractivity contribution in [3.63, 3.8) is 0 Å². The van der Waals surface area contributed by atoms with E-state index in [2.05, 4.69) is 4.72 Å². The zero-order valence-electron chi connectivity index (χ0n) is 13.5. The van der Waals surface area contributed by atoms with Gasteiger partial charge in [0.15, 0.2) is 0 Å². The van der Waals surface area contributed by atoms with Crippen LogP contribution in [-0.4, -0.2) is 46.0 Å². The van der Waals surface area contributed by atoms with Crippen LogP contribution < -0.4 is 4.72 Å². The number of nitrogens with one attached hydrogen (secondary N) is 1. The Balaban J connectivity index is 1.56. The maximum absolute atomic E-state index is 13.6. The highest BCUT2D eigenvalue weighted by atomic mass is 32.2. The van der Waals surface area contributed by atoms with Crippen LogP contribution in [0.2, 0.25) is 0 Å². The summed E-state index contributed by atoms with van der Waals surface area (Å²) in [6.45, 7) is 0.836. The molecule has 0 aromatic heterocycles. The Morgan fingerprint density at radius 1 is 1.04 bits per heavy atom. The van der Waals surface area contributed by atoms with E-state index < -0.39 is 36.6 Å². The molecular formula is C15H20F2N2O4S2. The molecule has 10 heteroatoms. The van der Waals surface area contributed by atoms with E-state index in [9.17, 15) is 25.6 Å². The van der Waals surface area contributed by atoms with Gasteiger partial charge in [-0.1, -0.05) is 0 Å². The molecule has 0 atom stereocenters. The van der Waals surface area contributed by atoms with Crippen molar-refractivity contribution in [3.05, 3.63) is 29.8 Å². The third-order valence-corrected chi connectivity index (χ3v) is 8.48. The molecule has 0 unspecified atom stereocenters. The van der Waals surface area contributed by atoms with Crippen molar-refractivity contribution < 1.29 is 25.6 Å². The summed E-state index contributed by atoms with van der Waals surface area (Å²) in [7, 11) is -7.27. The van der Waals surface area contributed by atoms with Crippen LogP contribution in [0.3, 0.4) is 0 Å². The number of rotatable bonds is 6. The Hall–Kier alpha value is -1.10. The Bertz CT molecular complexity index is 846. The van der Waals surface area contributed by atoms with Crippen molar-refractivity contribution in [1.82, 2.24) is 9.03 Å². The van der Waals surface area contributed by atoms with Gasteiger partial charge in [-0.25, -0.2) is 34.6 Å². The second-order valence-electron chi connectivity index (χ2n) is 6.51. The predicted octanol–water partition coefficient (Wildman–Crippen LogP) is 1.45. The Morgan fingerprint density at radius 2 is 1.68 bits per heavy atom. The summed E-state index contributed by atoms with van der Waals surface area (Å²) >= 11 is 0. The van der Waals surface area contributed by atoms with E-state index in [0.717, 1.165) is 12.1 Å². The lowest BCUT2D eigenvalue weighted by atomic mass is 9.99. The van der Waals surface area contributed by atoms with E-state index in [1.165, 1.54) is 4.31 Å². The summed E-state index contributed by atoms with van der Waals surface area (Å²) in [6.07, 6.45) is 2.51. The predicted molar refractivity (Wildman–Crippen MR) is 87.8 cm³/mol. The quantitative estimate of drug-likeness (QED) is 0.792. The number of piperidine rings is 1. The first kappa shape index (κ1) is 18.7. The van der Waals surface area contributed by atoms with Crippen molar-refractivity contribution in [2.75, 3.05) is 19.6 Å². The van der Waals surface area contributed by atoms with Gasteiger partial charge < -0.3 is 0 Å². The van der Waals surface area contributed by atoms with Gasteiger partial charge in [0.05, 0.1) is 5.25 Å². The molecule has 1 saturated carbocycles. The Labute approximate surface area is 146 Å². The van der Waals surface area contributed by atoms with Crippen LogP contribution in [0.5, 0.6) is 0 Å². The maximum atomic E-state index is 13.6.